The van der Waals surface area contributed by atoms with Crippen molar-refractivity contribution in [3.8, 4) is 22.3 Å². The highest BCUT2D eigenvalue weighted by atomic mass is 16.4. The van der Waals surface area contributed by atoms with Crippen LogP contribution in [-0.4, -0.2) is 10.2 Å². The van der Waals surface area contributed by atoms with Crippen molar-refractivity contribution in [1.29, 1.82) is 0 Å². The molecular formula is C40H38O2. The van der Waals surface area contributed by atoms with E-state index in [2.05, 4.69) is 88.4 Å². The summed E-state index contributed by atoms with van der Waals surface area (Å²) in [5.41, 5.74) is 11.1. The van der Waals surface area contributed by atoms with Crippen molar-refractivity contribution in [2.75, 3.05) is 0 Å². The van der Waals surface area contributed by atoms with E-state index in [9.17, 15) is 10.2 Å². The highest BCUT2D eigenvalue weighted by Crippen LogP contribution is 2.69. The molecule has 2 heteroatoms. The van der Waals surface area contributed by atoms with Gasteiger partial charge in [-0.25, -0.2) is 0 Å². The lowest BCUT2D eigenvalue weighted by Gasteiger charge is -2.57. The van der Waals surface area contributed by atoms with Gasteiger partial charge in [-0.05, 0) is 127 Å². The fraction of sp³-hybridized carbons (Fsp3) is 0.400. The molecule has 42 heavy (non-hydrogen) atoms. The highest BCUT2D eigenvalue weighted by Gasteiger charge is 2.64. The summed E-state index contributed by atoms with van der Waals surface area (Å²) in [7, 11) is 0. The number of rotatable bonds is 1. The van der Waals surface area contributed by atoms with Crippen molar-refractivity contribution in [1.82, 2.24) is 0 Å². The molecule has 2 fully saturated rings. The average molecular weight is 551 g/mol. The maximum Gasteiger partial charge on any atom is 0.153 e. The van der Waals surface area contributed by atoms with Crippen LogP contribution in [0.1, 0.15) is 96.9 Å². The molecule has 0 spiro atoms. The Morgan fingerprint density at radius 2 is 0.929 bits per heavy atom. The molecule has 2 saturated carbocycles. The Hall–Kier alpha value is -3.20. The van der Waals surface area contributed by atoms with E-state index in [0.717, 1.165) is 46.2 Å². The summed E-state index contributed by atoms with van der Waals surface area (Å²) < 4.78 is 0. The molecule has 4 aromatic rings. The number of aliphatic hydroxyl groups is 2. The number of benzene rings is 4. The normalized spacial score (nSPS) is 34.1. The molecule has 0 unspecified atom stereocenters. The van der Waals surface area contributed by atoms with Crippen LogP contribution in [0.25, 0.3) is 22.3 Å². The molecule has 0 radical (unpaired) electrons. The Kier molecular flexibility index (Phi) is 4.11. The van der Waals surface area contributed by atoms with E-state index >= 15 is 0 Å². The molecule has 0 saturated heterocycles. The maximum absolute atomic E-state index is 13.4. The van der Waals surface area contributed by atoms with Crippen LogP contribution in [-0.2, 0) is 24.0 Å². The van der Waals surface area contributed by atoms with Crippen molar-refractivity contribution in [3.05, 3.63) is 117 Å². The van der Waals surface area contributed by atoms with Crippen LogP contribution >= 0.6 is 0 Å². The van der Waals surface area contributed by atoms with Crippen molar-refractivity contribution in [3.63, 3.8) is 0 Å². The second-order valence-corrected chi connectivity index (χ2v) is 15.6. The molecule has 12 rings (SSSR count). The summed E-state index contributed by atoms with van der Waals surface area (Å²) in [4.78, 5) is 0. The summed E-state index contributed by atoms with van der Waals surface area (Å²) in [6.45, 7) is 9.70. The van der Waals surface area contributed by atoms with Crippen molar-refractivity contribution < 1.29 is 10.2 Å². The van der Waals surface area contributed by atoms with Gasteiger partial charge in [0.05, 0.1) is 0 Å². The minimum atomic E-state index is -1.60. The maximum atomic E-state index is 13.4. The lowest BCUT2D eigenvalue weighted by molar-refractivity contribution is -0.107. The van der Waals surface area contributed by atoms with E-state index in [-0.39, 0.29) is 0 Å². The molecule has 4 bridgehead atoms. The van der Waals surface area contributed by atoms with Crippen LogP contribution in [0.2, 0.25) is 0 Å². The Labute approximate surface area is 248 Å². The van der Waals surface area contributed by atoms with Crippen molar-refractivity contribution >= 4 is 0 Å². The molecule has 0 aliphatic heterocycles. The summed E-state index contributed by atoms with van der Waals surface area (Å²) in [5.74, 6) is 2.47. The van der Waals surface area contributed by atoms with E-state index in [1.54, 1.807) is 0 Å². The molecule has 0 heterocycles. The fourth-order valence-corrected chi connectivity index (χ4v) is 11.0. The average Bonchev–Trinajstić information content (AvgIpc) is 3.44. The SMILES string of the molecule is CC1(C)[C@@H]2Cc3c(ccc4c3-c3ccccc3[C@]4(O)[C@]3(O)c4ccccc4-c4c3ccc3c4C[C@H]4C[C@@H]3C4(C)C)[C@@H]1C2. The minimum absolute atomic E-state index is 0.325. The van der Waals surface area contributed by atoms with E-state index < -0.39 is 11.2 Å². The Morgan fingerprint density at radius 3 is 1.33 bits per heavy atom. The first-order chi connectivity index (χ1) is 20.1. The van der Waals surface area contributed by atoms with Gasteiger partial charge in [-0.15, -0.1) is 0 Å². The quantitative estimate of drug-likeness (QED) is 0.251. The standard InChI is InChI=1S/C40H38O2/c1-37(2)21-17-27-23(33(37)19-21)13-15-31-35(27)25-9-5-7-11-29(25)39(31,41)40(42)30-12-8-6-10-26(30)36-28-18-22-20-34(38(22,3)4)24(28)14-16-32(36)40/h5-16,21-22,33-34,41-42H,17-20H2,1-4H3/t21-,22+,33-,34-,39-,40+/m0/s1. The van der Waals surface area contributed by atoms with Crippen LogP contribution in [0.4, 0.5) is 0 Å². The Balaban J connectivity index is 1.26. The van der Waals surface area contributed by atoms with Gasteiger partial charge in [0, 0.05) is 0 Å². The molecule has 0 aromatic heterocycles. The molecule has 6 atom stereocenters. The van der Waals surface area contributed by atoms with Crippen LogP contribution in [0.3, 0.4) is 0 Å². The van der Waals surface area contributed by atoms with Crippen LogP contribution in [0, 0.1) is 22.7 Å². The van der Waals surface area contributed by atoms with E-state index in [1.807, 2.05) is 12.1 Å². The predicted octanol–water partition coefficient (Wildman–Crippen LogP) is 8.19. The topological polar surface area (TPSA) is 40.5 Å². The van der Waals surface area contributed by atoms with Crippen molar-refractivity contribution in [2.24, 2.45) is 22.7 Å². The molecular weight excluding hydrogens is 512 g/mol. The van der Waals surface area contributed by atoms with Gasteiger partial charge in [0.15, 0.2) is 11.2 Å². The van der Waals surface area contributed by atoms with Gasteiger partial charge >= 0.3 is 0 Å². The zero-order chi connectivity index (χ0) is 28.6. The Bertz CT molecular complexity index is 1770. The first kappa shape index (κ1) is 24.3. The number of hydrogen-bond donors (Lipinski definition) is 2. The predicted molar refractivity (Wildman–Crippen MR) is 166 cm³/mol. The largest absolute Gasteiger partial charge is 0.377 e. The van der Waals surface area contributed by atoms with Gasteiger partial charge in [0.2, 0.25) is 0 Å². The third-order valence-corrected chi connectivity index (χ3v) is 13.8. The molecule has 8 aliphatic rings. The summed E-state index contributed by atoms with van der Waals surface area (Å²) in [5, 5.41) is 26.9. The fourth-order valence-electron chi connectivity index (χ4n) is 11.0. The third-order valence-electron chi connectivity index (χ3n) is 13.8. The first-order valence-electron chi connectivity index (χ1n) is 16.1. The van der Waals surface area contributed by atoms with Crippen LogP contribution < -0.4 is 0 Å². The summed E-state index contributed by atoms with van der Waals surface area (Å²) in [6, 6.07) is 25.6. The van der Waals surface area contributed by atoms with E-state index in [0.29, 0.717) is 34.5 Å². The van der Waals surface area contributed by atoms with E-state index in [4.69, 9.17) is 0 Å². The molecule has 8 aliphatic carbocycles. The van der Waals surface area contributed by atoms with Crippen molar-refractivity contribution in [2.45, 2.75) is 76.4 Å². The van der Waals surface area contributed by atoms with Gasteiger partial charge in [-0.1, -0.05) is 100 Å². The second-order valence-electron chi connectivity index (χ2n) is 15.6. The van der Waals surface area contributed by atoms with Crippen LogP contribution in [0.15, 0.2) is 72.8 Å². The smallest absolute Gasteiger partial charge is 0.153 e. The molecule has 210 valence electrons. The highest BCUT2D eigenvalue weighted by molar-refractivity contribution is 5.90. The lowest BCUT2D eigenvalue weighted by atomic mass is 9.47. The van der Waals surface area contributed by atoms with Gasteiger partial charge in [0.1, 0.15) is 0 Å². The zero-order valence-corrected chi connectivity index (χ0v) is 25.0. The van der Waals surface area contributed by atoms with E-state index in [1.165, 1.54) is 46.2 Å². The first-order valence-corrected chi connectivity index (χ1v) is 16.1. The minimum Gasteiger partial charge on any atom is -0.377 e. The molecule has 2 N–H and O–H groups in total. The van der Waals surface area contributed by atoms with Gasteiger partial charge < -0.3 is 10.2 Å². The number of hydrogen-bond acceptors (Lipinski definition) is 2. The monoisotopic (exact) mass is 550 g/mol. The Morgan fingerprint density at radius 1 is 0.524 bits per heavy atom. The summed E-state index contributed by atoms with van der Waals surface area (Å²) in [6.07, 6.45) is 4.62. The van der Waals surface area contributed by atoms with Gasteiger partial charge in [0.25, 0.3) is 0 Å². The third kappa shape index (κ3) is 2.35. The molecule has 4 aromatic carbocycles. The van der Waals surface area contributed by atoms with Gasteiger partial charge in [-0.2, -0.15) is 0 Å². The number of fused-ring (bicyclic) bond motifs is 6. The lowest BCUT2D eigenvalue weighted by Crippen LogP contribution is -2.50. The van der Waals surface area contributed by atoms with Gasteiger partial charge in [-0.3, -0.25) is 0 Å². The summed E-state index contributed by atoms with van der Waals surface area (Å²) >= 11 is 0. The second kappa shape index (κ2) is 7.12. The van der Waals surface area contributed by atoms with Crippen LogP contribution in [0.5, 0.6) is 0 Å². The molecule has 0 amide bonds. The molecule has 2 nitrogen and oxygen atoms in total. The zero-order valence-electron chi connectivity index (χ0n) is 25.0.